The fraction of sp³-hybridized carbons (Fsp3) is 0.0833. The van der Waals surface area contributed by atoms with E-state index < -0.39 is 0 Å². The standard InChI is InChI=1S/C24H18Cl2N4S/c1-15-18(13-27-29-24-28-21-7-3-5-9-23(21)31-24)17-6-2-4-8-22(17)30(15)14-16-10-11-19(25)20(26)12-16/h2-13H,14H2,1H3,(H,28,29)/b27-13-. The highest BCUT2D eigenvalue weighted by Gasteiger charge is 2.13. The number of nitrogens with one attached hydrogen (secondary N) is 1. The summed E-state index contributed by atoms with van der Waals surface area (Å²) in [6.07, 6.45) is 1.87. The molecule has 2 aromatic heterocycles. The summed E-state index contributed by atoms with van der Waals surface area (Å²) >= 11 is 13.9. The molecule has 5 aromatic rings. The van der Waals surface area contributed by atoms with E-state index in [0.717, 1.165) is 43.1 Å². The molecular weight excluding hydrogens is 447 g/mol. The first-order valence-corrected chi connectivity index (χ1v) is 11.3. The Morgan fingerprint density at radius 2 is 1.84 bits per heavy atom. The van der Waals surface area contributed by atoms with E-state index in [1.165, 1.54) is 0 Å². The zero-order valence-electron chi connectivity index (χ0n) is 16.6. The van der Waals surface area contributed by atoms with E-state index in [1.807, 2.05) is 54.7 Å². The Bertz CT molecular complexity index is 1400. The third-order valence-electron chi connectivity index (χ3n) is 5.25. The predicted molar refractivity (Wildman–Crippen MR) is 133 cm³/mol. The van der Waals surface area contributed by atoms with Gasteiger partial charge in [0.2, 0.25) is 5.13 Å². The summed E-state index contributed by atoms with van der Waals surface area (Å²) in [4.78, 5) is 4.57. The van der Waals surface area contributed by atoms with Gasteiger partial charge >= 0.3 is 0 Å². The lowest BCUT2D eigenvalue weighted by molar-refractivity contribution is 0.804. The van der Waals surface area contributed by atoms with Crippen LogP contribution in [0.5, 0.6) is 0 Å². The van der Waals surface area contributed by atoms with Crippen LogP contribution in [0.3, 0.4) is 0 Å². The molecule has 0 aliphatic rings. The number of hydrogen-bond donors (Lipinski definition) is 1. The summed E-state index contributed by atoms with van der Waals surface area (Å²) in [6, 6.07) is 22.2. The minimum atomic E-state index is 0.563. The van der Waals surface area contributed by atoms with E-state index in [-0.39, 0.29) is 0 Å². The van der Waals surface area contributed by atoms with Gasteiger partial charge in [-0.25, -0.2) is 4.98 Å². The first kappa shape index (κ1) is 20.1. The van der Waals surface area contributed by atoms with Crippen LogP contribution in [0.25, 0.3) is 21.1 Å². The Hall–Kier alpha value is -2.86. The van der Waals surface area contributed by atoms with Crippen molar-refractivity contribution in [2.45, 2.75) is 13.5 Å². The van der Waals surface area contributed by atoms with Crippen molar-refractivity contribution < 1.29 is 0 Å². The highest BCUT2D eigenvalue weighted by atomic mass is 35.5. The lowest BCUT2D eigenvalue weighted by Gasteiger charge is -2.09. The maximum absolute atomic E-state index is 6.22. The second-order valence-electron chi connectivity index (χ2n) is 7.21. The lowest BCUT2D eigenvalue weighted by Crippen LogP contribution is -2.02. The number of halogens is 2. The van der Waals surface area contributed by atoms with Gasteiger partial charge in [0.25, 0.3) is 0 Å². The minimum Gasteiger partial charge on any atom is -0.340 e. The molecule has 0 aliphatic carbocycles. The van der Waals surface area contributed by atoms with Crippen molar-refractivity contribution in [2.24, 2.45) is 5.10 Å². The molecule has 0 unspecified atom stereocenters. The van der Waals surface area contributed by atoms with Crippen molar-refractivity contribution in [3.63, 3.8) is 0 Å². The molecular formula is C24H18Cl2N4S. The Labute approximate surface area is 193 Å². The molecule has 0 bridgehead atoms. The number of thiazole rings is 1. The van der Waals surface area contributed by atoms with E-state index in [9.17, 15) is 0 Å². The van der Waals surface area contributed by atoms with Crippen LogP contribution in [0.4, 0.5) is 5.13 Å². The van der Waals surface area contributed by atoms with Crippen LogP contribution in [0.1, 0.15) is 16.8 Å². The molecule has 2 heterocycles. The first-order chi connectivity index (χ1) is 15.1. The van der Waals surface area contributed by atoms with Crippen molar-refractivity contribution in [1.82, 2.24) is 9.55 Å². The zero-order chi connectivity index (χ0) is 21.4. The normalized spacial score (nSPS) is 11.7. The molecule has 0 saturated heterocycles. The maximum Gasteiger partial charge on any atom is 0.204 e. The minimum absolute atomic E-state index is 0.563. The molecule has 0 spiro atoms. The molecule has 1 N–H and O–H groups in total. The van der Waals surface area contributed by atoms with Gasteiger partial charge in [-0.2, -0.15) is 5.10 Å². The number of hydrogen-bond acceptors (Lipinski definition) is 4. The highest BCUT2D eigenvalue weighted by molar-refractivity contribution is 7.22. The number of hydrazone groups is 1. The number of rotatable bonds is 5. The molecule has 31 heavy (non-hydrogen) atoms. The van der Waals surface area contributed by atoms with E-state index in [2.05, 4.69) is 45.2 Å². The Morgan fingerprint density at radius 3 is 2.68 bits per heavy atom. The van der Waals surface area contributed by atoms with E-state index >= 15 is 0 Å². The van der Waals surface area contributed by atoms with Gasteiger partial charge in [-0.3, -0.25) is 5.43 Å². The predicted octanol–water partition coefficient (Wildman–Crippen LogP) is 7.36. The van der Waals surface area contributed by atoms with Gasteiger partial charge in [-0.05, 0) is 42.8 Å². The largest absolute Gasteiger partial charge is 0.340 e. The average Bonchev–Trinajstić information content (AvgIpc) is 3.30. The molecule has 0 aliphatic heterocycles. The summed E-state index contributed by atoms with van der Waals surface area (Å²) in [6.45, 7) is 2.80. The van der Waals surface area contributed by atoms with Gasteiger partial charge in [-0.15, -0.1) is 0 Å². The summed E-state index contributed by atoms with van der Waals surface area (Å²) < 4.78 is 3.41. The van der Waals surface area contributed by atoms with Crippen molar-refractivity contribution >= 4 is 67.0 Å². The van der Waals surface area contributed by atoms with Gasteiger partial charge in [-0.1, -0.05) is 70.9 Å². The topological polar surface area (TPSA) is 42.2 Å². The average molecular weight is 465 g/mol. The van der Waals surface area contributed by atoms with Gasteiger partial charge in [0, 0.05) is 28.7 Å². The highest BCUT2D eigenvalue weighted by Crippen LogP contribution is 2.29. The number of para-hydroxylation sites is 2. The molecule has 7 heteroatoms. The Balaban J connectivity index is 1.47. The van der Waals surface area contributed by atoms with Crippen molar-refractivity contribution in [1.29, 1.82) is 0 Å². The Kier molecular flexibility index (Phi) is 5.40. The van der Waals surface area contributed by atoms with Crippen LogP contribution in [0.15, 0.2) is 71.8 Å². The molecule has 0 fully saturated rings. The molecule has 0 amide bonds. The van der Waals surface area contributed by atoms with Gasteiger partial charge in [0.1, 0.15) is 0 Å². The second kappa shape index (κ2) is 8.35. The summed E-state index contributed by atoms with van der Waals surface area (Å²) in [7, 11) is 0. The van der Waals surface area contributed by atoms with Gasteiger partial charge in [0.15, 0.2) is 0 Å². The van der Waals surface area contributed by atoms with Crippen LogP contribution >= 0.6 is 34.5 Å². The van der Waals surface area contributed by atoms with Crippen molar-refractivity contribution in [2.75, 3.05) is 5.43 Å². The molecule has 0 radical (unpaired) electrons. The molecule has 0 atom stereocenters. The monoisotopic (exact) mass is 464 g/mol. The molecule has 0 saturated carbocycles. The van der Waals surface area contributed by atoms with Crippen LogP contribution < -0.4 is 5.43 Å². The van der Waals surface area contributed by atoms with Crippen LogP contribution in [-0.4, -0.2) is 15.8 Å². The first-order valence-electron chi connectivity index (χ1n) is 9.76. The fourth-order valence-corrected chi connectivity index (χ4v) is 4.85. The smallest absolute Gasteiger partial charge is 0.204 e. The molecule has 5 rings (SSSR count). The van der Waals surface area contributed by atoms with E-state index in [0.29, 0.717) is 16.6 Å². The number of nitrogens with zero attached hydrogens (tertiary/aromatic N) is 3. The summed E-state index contributed by atoms with van der Waals surface area (Å²) in [5.74, 6) is 0. The number of anilines is 1. The molecule has 3 aromatic carbocycles. The lowest BCUT2D eigenvalue weighted by atomic mass is 10.1. The molecule has 4 nitrogen and oxygen atoms in total. The van der Waals surface area contributed by atoms with Gasteiger partial charge in [0.05, 0.1) is 26.5 Å². The van der Waals surface area contributed by atoms with Gasteiger partial charge < -0.3 is 4.57 Å². The SMILES string of the molecule is Cc1c(/C=N\Nc2nc3ccccc3s2)c2ccccc2n1Cc1ccc(Cl)c(Cl)c1. The van der Waals surface area contributed by atoms with Crippen molar-refractivity contribution in [3.8, 4) is 0 Å². The molecule has 154 valence electrons. The van der Waals surface area contributed by atoms with E-state index in [1.54, 1.807) is 11.3 Å². The third kappa shape index (κ3) is 3.92. The maximum atomic E-state index is 6.22. The second-order valence-corrected chi connectivity index (χ2v) is 9.05. The van der Waals surface area contributed by atoms with Crippen LogP contribution in [0, 0.1) is 6.92 Å². The van der Waals surface area contributed by atoms with E-state index in [4.69, 9.17) is 23.2 Å². The van der Waals surface area contributed by atoms with Crippen LogP contribution in [-0.2, 0) is 6.54 Å². The quantitative estimate of drug-likeness (QED) is 0.218. The van der Waals surface area contributed by atoms with Crippen molar-refractivity contribution in [3.05, 3.63) is 93.6 Å². The summed E-state index contributed by atoms with van der Waals surface area (Å²) in [5.41, 5.74) is 8.49. The number of aromatic nitrogens is 2. The summed E-state index contributed by atoms with van der Waals surface area (Å²) in [5, 5.41) is 7.53. The van der Waals surface area contributed by atoms with Crippen LogP contribution in [0.2, 0.25) is 10.0 Å². The Morgan fingerprint density at radius 1 is 1.03 bits per heavy atom. The third-order valence-corrected chi connectivity index (χ3v) is 6.93. The zero-order valence-corrected chi connectivity index (χ0v) is 19.0. The fourth-order valence-electron chi connectivity index (χ4n) is 3.72. The number of benzene rings is 3. The number of fused-ring (bicyclic) bond motifs is 2.